The number of rotatable bonds is 3. The molecule has 9 nitrogen and oxygen atoms in total. The van der Waals surface area contributed by atoms with Gasteiger partial charge in [0.05, 0.1) is 11.0 Å². The van der Waals surface area contributed by atoms with E-state index < -0.39 is 21.3 Å². The number of sulfonamides is 1. The molecule has 0 spiro atoms. The highest BCUT2D eigenvalue weighted by molar-refractivity contribution is 7.89. The van der Waals surface area contributed by atoms with Crippen LogP contribution in [0.15, 0.2) is 44.9 Å². The normalized spacial score (nSPS) is 18.4. The lowest BCUT2D eigenvalue weighted by molar-refractivity contribution is 0.306. The van der Waals surface area contributed by atoms with Gasteiger partial charge >= 0.3 is 5.69 Å². The van der Waals surface area contributed by atoms with Crippen molar-refractivity contribution in [2.24, 2.45) is 21.1 Å². The van der Waals surface area contributed by atoms with Crippen molar-refractivity contribution < 1.29 is 8.42 Å². The number of imidazole rings is 1. The van der Waals surface area contributed by atoms with Crippen molar-refractivity contribution in [1.82, 2.24) is 23.0 Å². The van der Waals surface area contributed by atoms with Crippen LogP contribution in [0.3, 0.4) is 0 Å². The molecule has 1 saturated heterocycles. The first-order valence-corrected chi connectivity index (χ1v) is 10.8. The van der Waals surface area contributed by atoms with Gasteiger partial charge in [-0.1, -0.05) is 12.1 Å². The van der Waals surface area contributed by atoms with Crippen LogP contribution in [0.25, 0.3) is 11.0 Å². The van der Waals surface area contributed by atoms with Crippen LogP contribution in [0.2, 0.25) is 0 Å². The molecule has 10 heteroatoms. The Kier molecular flexibility index (Phi) is 4.70. The van der Waals surface area contributed by atoms with Gasteiger partial charge in [-0.3, -0.25) is 9.36 Å². The predicted molar refractivity (Wildman–Crippen MR) is 108 cm³/mol. The van der Waals surface area contributed by atoms with E-state index in [2.05, 4.69) is 0 Å². The number of aryl methyl sites for hydroxylation is 2. The van der Waals surface area contributed by atoms with Crippen LogP contribution in [0.1, 0.15) is 24.6 Å². The van der Waals surface area contributed by atoms with Crippen molar-refractivity contribution >= 4 is 21.1 Å². The molecule has 4 rings (SSSR count). The fourth-order valence-electron chi connectivity index (χ4n) is 3.99. The van der Waals surface area contributed by atoms with Gasteiger partial charge in [0.1, 0.15) is 5.82 Å². The van der Waals surface area contributed by atoms with E-state index in [1.807, 2.05) is 35.9 Å². The van der Waals surface area contributed by atoms with E-state index in [0.717, 1.165) is 38.6 Å². The molecular formula is C19H23N5O4S. The SMILES string of the molecule is Cn1cc(S(=O)(=O)N2CCCC(c3nc4ccccc4n3C)C2)c(=O)n(C)c1=O. The zero-order valence-electron chi connectivity index (χ0n) is 16.6. The Morgan fingerprint density at radius 1 is 1.07 bits per heavy atom. The Balaban J connectivity index is 1.72. The minimum Gasteiger partial charge on any atom is -0.331 e. The summed E-state index contributed by atoms with van der Waals surface area (Å²) in [6, 6.07) is 7.79. The molecule has 0 amide bonds. The van der Waals surface area contributed by atoms with Crippen molar-refractivity contribution in [3.05, 3.63) is 57.1 Å². The maximum atomic E-state index is 13.2. The van der Waals surface area contributed by atoms with Gasteiger partial charge in [0, 0.05) is 46.3 Å². The minimum atomic E-state index is -4.04. The molecule has 3 aromatic rings. The summed E-state index contributed by atoms with van der Waals surface area (Å²) in [7, 11) is 0.606. The van der Waals surface area contributed by atoms with E-state index in [4.69, 9.17) is 4.98 Å². The number of fused-ring (bicyclic) bond motifs is 1. The van der Waals surface area contributed by atoms with Crippen LogP contribution in [-0.4, -0.2) is 44.5 Å². The molecule has 2 aromatic heterocycles. The first-order valence-electron chi connectivity index (χ1n) is 9.40. The van der Waals surface area contributed by atoms with E-state index in [-0.39, 0.29) is 17.4 Å². The third-order valence-electron chi connectivity index (χ3n) is 5.60. The van der Waals surface area contributed by atoms with Crippen LogP contribution in [0, 0.1) is 0 Å². The summed E-state index contributed by atoms with van der Waals surface area (Å²) in [4.78, 5) is 28.7. The van der Waals surface area contributed by atoms with Crippen molar-refractivity contribution in [3.8, 4) is 0 Å². The quantitative estimate of drug-likeness (QED) is 0.619. The number of benzene rings is 1. The summed E-state index contributed by atoms with van der Waals surface area (Å²) >= 11 is 0. The molecule has 1 atom stereocenters. The van der Waals surface area contributed by atoms with Gasteiger partial charge in [0.15, 0.2) is 4.90 Å². The molecular weight excluding hydrogens is 394 g/mol. The van der Waals surface area contributed by atoms with Crippen LogP contribution >= 0.6 is 0 Å². The van der Waals surface area contributed by atoms with E-state index in [9.17, 15) is 18.0 Å². The molecule has 3 heterocycles. The lowest BCUT2D eigenvalue weighted by atomic mass is 9.99. The first kappa shape index (κ1) is 19.6. The summed E-state index contributed by atoms with van der Waals surface area (Å²) < 4.78 is 31.7. The largest absolute Gasteiger partial charge is 0.331 e. The summed E-state index contributed by atoms with van der Waals surface area (Å²) in [5.74, 6) is 0.756. The molecule has 1 aromatic carbocycles. The number of aromatic nitrogens is 4. The van der Waals surface area contributed by atoms with Gasteiger partial charge in [-0.15, -0.1) is 0 Å². The minimum absolute atomic E-state index is 0.0766. The molecule has 154 valence electrons. The number of hydrogen-bond acceptors (Lipinski definition) is 5. The Labute approximate surface area is 167 Å². The molecule has 1 aliphatic heterocycles. The molecule has 1 unspecified atom stereocenters. The number of piperidine rings is 1. The number of hydrogen-bond donors (Lipinski definition) is 0. The second-order valence-electron chi connectivity index (χ2n) is 7.47. The van der Waals surface area contributed by atoms with E-state index in [0.29, 0.717) is 13.0 Å². The van der Waals surface area contributed by atoms with Crippen LogP contribution in [-0.2, 0) is 31.2 Å². The summed E-state index contributed by atoms with van der Waals surface area (Å²) in [5.41, 5.74) is 0.495. The standard InChI is InChI=1S/C19H23N5O4S/c1-21-12-16(18(25)23(3)19(21)26)29(27,28)24-10-6-7-13(11-24)17-20-14-8-4-5-9-15(14)22(17)2/h4-5,8-9,12-13H,6-7,10-11H2,1-3H3. The third-order valence-corrected chi connectivity index (χ3v) is 7.45. The molecule has 1 fully saturated rings. The van der Waals surface area contributed by atoms with Crippen molar-refractivity contribution in [2.45, 2.75) is 23.7 Å². The molecule has 0 saturated carbocycles. The molecule has 0 aliphatic carbocycles. The van der Waals surface area contributed by atoms with Gasteiger partial charge in [0.2, 0.25) is 10.0 Å². The third kappa shape index (κ3) is 3.12. The summed E-state index contributed by atoms with van der Waals surface area (Å²) in [6.07, 6.45) is 2.59. The number of para-hydroxylation sites is 2. The molecule has 0 bridgehead atoms. The first-order chi connectivity index (χ1) is 13.7. The van der Waals surface area contributed by atoms with Gasteiger partial charge in [0.25, 0.3) is 5.56 Å². The maximum Gasteiger partial charge on any atom is 0.330 e. The second-order valence-corrected chi connectivity index (χ2v) is 9.38. The topological polar surface area (TPSA) is 99.2 Å². The van der Waals surface area contributed by atoms with Crippen LogP contribution in [0.5, 0.6) is 0 Å². The van der Waals surface area contributed by atoms with Gasteiger partial charge in [-0.05, 0) is 25.0 Å². The maximum absolute atomic E-state index is 13.2. The van der Waals surface area contributed by atoms with Gasteiger partial charge < -0.3 is 9.13 Å². The van der Waals surface area contributed by atoms with Crippen molar-refractivity contribution in [2.75, 3.05) is 13.1 Å². The van der Waals surface area contributed by atoms with Crippen molar-refractivity contribution in [3.63, 3.8) is 0 Å². The highest BCUT2D eigenvalue weighted by Crippen LogP contribution is 2.30. The van der Waals surface area contributed by atoms with E-state index >= 15 is 0 Å². The summed E-state index contributed by atoms with van der Waals surface area (Å²) in [6.45, 7) is 0.570. The van der Waals surface area contributed by atoms with Gasteiger partial charge in [-0.25, -0.2) is 18.2 Å². The smallest absolute Gasteiger partial charge is 0.330 e. The zero-order chi connectivity index (χ0) is 20.9. The van der Waals surface area contributed by atoms with Gasteiger partial charge in [-0.2, -0.15) is 4.31 Å². The molecule has 29 heavy (non-hydrogen) atoms. The average Bonchev–Trinajstić information content (AvgIpc) is 3.06. The molecule has 0 radical (unpaired) electrons. The van der Waals surface area contributed by atoms with E-state index in [1.54, 1.807) is 0 Å². The number of nitrogens with zero attached hydrogens (tertiary/aromatic N) is 5. The summed E-state index contributed by atoms with van der Waals surface area (Å²) in [5, 5.41) is 0. The van der Waals surface area contributed by atoms with E-state index in [1.165, 1.54) is 18.4 Å². The Bertz CT molecular complexity index is 1320. The monoisotopic (exact) mass is 417 g/mol. The lowest BCUT2D eigenvalue weighted by Crippen LogP contribution is -2.45. The fourth-order valence-corrected chi connectivity index (χ4v) is 5.66. The second kappa shape index (κ2) is 6.96. The fraction of sp³-hybridized carbons (Fsp3) is 0.421. The highest BCUT2D eigenvalue weighted by Gasteiger charge is 2.35. The average molecular weight is 417 g/mol. The Hall–Kier alpha value is -2.72. The van der Waals surface area contributed by atoms with Crippen LogP contribution in [0.4, 0.5) is 0 Å². The van der Waals surface area contributed by atoms with Crippen molar-refractivity contribution in [1.29, 1.82) is 0 Å². The molecule has 0 N–H and O–H groups in total. The molecule has 1 aliphatic rings. The lowest BCUT2D eigenvalue weighted by Gasteiger charge is -2.31. The van der Waals surface area contributed by atoms with Crippen LogP contribution < -0.4 is 11.2 Å². The Morgan fingerprint density at radius 2 is 1.79 bits per heavy atom. The highest BCUT2D eigenvalue weighted by atomic mass is 32.2. The predicted octanol–water partition coefficient (Wildman–Crippen LogP) is 0.539. The Morgan fingerprint density at radius 3 is 2.52 bits per heavy atom. The zero-order valence-corrected chi connectivity index (χ0v) is 17.4.